The Labute approximate surface area is 352 Å². The first-order valence-electron chi connectivity index (χ1n) is 21.4. The van der Waals surface area contributed by atoms with E-state index < -0.39 is 59.8 Å². The van der Waals surface area contributed by atoms with Crippen molar-refractivity contribution < 1.29 is 38.2 Å². The zero-order chi connectivity index (χ0) is 44.4. The second-order valence-electron chi connectivity index (χ2n) is 18.0. The lowest BCUT2D eigenvalue weighted by Gasteiger charge is -2.43. The first-order chi connectivity index (χ1) is 27.7. The Bertz CT molecular complexity index is 1700. The standard InChI is InChI=1S/C45H74N6O8/c1-15-28(6)39(50(12)38(27(4)5)43(55)49-42(54)37(46-11)26(2)3)35(57-13)24-36(52)51-22-18-21-34(51)40(58-14)29(7)41(53)48-33(44(56)59-45(8,9)10)23-30-25-47-32-20-17-16-19-31(30)32/h16-17,19-20,25-29,33-35,37-40,46-47H,15,18,21-24H2,1-14H3,(H,48,53)(H,49,54,55)/t28-,29+,33-,34-,35+,37-,38-,39-,40+/m0/s1. The van der Waals surface area contributed by atoms with Crippen LogP contribution in [0.5, 0.6) is 0 Å². The SMILES string of the molecule is CC[C@H](C)[C@@H]([C@@H](CC(=O)N1CCC[C@H]1[C@H](OC)[C@@H](C)C(=O)N[C@@H](Cc1c[nH]c2ccccc12)C(=O)OC(C)(C)C)OC)N(C)[C@H](C(=O)NC(=O)[C@@H](NC)C(C)C)C(C)C. The number of methoxy groups -OCH3 is 2. The Balaban J connectivity index is 1.83. The van der Waals surface area contributed by atoms with Crippen molar-refractivity contribution in [2.24, 2.45) is 23.7 Å². The number of hydrogen-bond donors (Lipinski definition) is 4. The molecule has 1 aliphatic rings. The molecule has 2 aromatic rings. The van der Waals surface area contributed by atoms with E-state index in [0.29, 0.717) is 13.0 Å². The molecule has 0 spiro atoms. The van der Waals surface area contributed by atoms with E-state index in [2.05, 4.69) is 34.8 Å². The number of aromatic nitrogens is 1. The van der Waals surface area contributed by atoms with Crippen LogP contribution in [0.2, 0.25) is 0 Å². The summed E-state index contributed by atoms with van der Waals surface area (Å²) in [5.74, 6) is -2.72. The molecule has 9 atom stereocenters. The molecule has 1 fully saturated rings. The molecule has 0 aliphatic carbocycles. The number of esters is 1. The first-order valence-corrected chi connectivity index (χ1v) is 21.4. The lowest BCUT2D eigenvalue weighted by molar-refractivity contribution is -0.159. The number of benzene rings is 1. The van der Waals surface area contributed by atoms with E-state index in [1.54, 1.807) is 53.9 Å². The molecule has 4 amide bonds. The molecule has 0 bridgehead atoms. The number of likely N-dealkylation sites (N-methyl/N-ethyl adjacent to an activating group) is 2. The molecule has 59 heavy (non-hydrogen) atoms. The second kappa shape index (κ2) is 22.1. The summed E-state index contributed by atoms with van der Waals surface area (Å²) in [6, 6.07) is 4.87. The minimum Gasteiger partial charge on any atom is -0.458 e. The predicted octanol–water partition coefficient (Wildman–Crippen LogP) is 4.84. The molecule has 14 nitrogen and oxygen atoms in total. The molecule has 14 heteroatoms. The molecule has 1 aromatic heterocycles. The van der Waals surface area contributed by atoms with E-state index >= 15 is 0 Å². The van der Waals surface area contributed by atoms with Gasteiger partial charge < -0.3 is 34.7 Å². The highest BCUT2D eigenvalue weighted by Crippen LogP contribution is 2.31. The molecule has 332 valence electrons. The third kappa shape index (κ3) is 12.8. The molecule has 4 N–H and O–H groups in total. The van der Waals surface area contributed by atoms with Gasteiger partial charge in [-0.1, -0.05) is 73.1 Å². The van der Waals surface area contributed by atoms with Crippen LogP contribution in [0.1, 0.15) is 100 Å². The van der Waals surface area contributed by atoms with Gasteiger partial charge in [-0.25, -0.2) is 4.79 Å². The van der Waals surface area contributed by atoms with E-state index in [1.807, 2.05) is 70.1 Å². The first kappa shape index (κ1) is 49.5. The van der Waals surface area contributed by atoms with Gasteiger partial charge in [0.05, 0.1) is 42.7 Å². The number of fused-ring (bicyclic) bond motifs is 1. The Morgan fingerprint density at radius 3 is 2.17 bits per heavy atom. The fraction of sp³-hybridized carbons (Fsp3) is 0.711. The number of para-hydroxylation sites is 1. The number of carbonyl (C=O) groups excluding carboxylic acids is 5. The van der Waals surface area contributed by atoms with Crippen LogP contribution in [-0.2, 0) is 44.6 Å². The zero-order valence-electron chi connectivity index (χ0n) is 38.1. The summed E-state index contributed by atoms with van der Waals surface area (Å²) in [4.78, 5) is 76.0. The Morgan fingerprint density at radius 2 is 1.61 bits per heavy atom. The smallest absolute Gasteiger partial charge is 0.329 e. The number of hydrogen-bond acceptors (Lipinski definition) is 10. The lowest BCUT2D eigenvalue weighted by Crippen LogP contribution is -2.60. The summed E-state index contributed by atoms with van der Waals surface area (Å²) in [5.41, 5.74) is 1.03. The number of rotatable bonds is 21. The molecule has 0 radical (unpaired) electrons. The maximum atomic E-state index is 14.4. The van der Waals surface area contributed by atoms with Gasteiger partial charge in [-0.3, -0.25) is 29.4 Å². The van der Waals surface area contributed by atoms with E-state index in [1.165, 1.54) is 0 Å². The van der Waals surface area contributed by atoms with Crippen LogP contribution in [0.25, 0.3) is 10.9 Å². The van der Waals surface area contributed by atoms with Gasteiger partial charge in [0, 0.05) is 50.3 Å². The number of aromatic amines is 1. The average molecular weight is 827 g/mol. The lowest BCUT2D eigenvalue weighted by atomic mass is 9.87. The highest BCUT2D eigenvalue weighted by molar-refractivity contribution is 6.00. The minimum atomic E-state index is -0.964. The summed E-state index contributed by atoms with van der Waals surface area (Å²) in [5, 5.41) is 9.58. The molecule has 1 aliphatic heterocycles. The largest absolute Gasteiger partial charge is 0.458 e. The van der Waals surface area contributed by atoms with Gasteiger partial charge in [-0.2, -0.15) is 0 Å². The molecular formula is C45H74N6O8. The van der Waals surface area contributed by atoms with Crippen molar-refractivity contribution in [3.63, 3.8) is 0 Å². The van der Waals surface area contributed by atoms with E-state index in [0.717, 1.165) is 29.3 Å². The van der Waals surface area contributed by atoms with E-state index in [-0.39, 0.29) is 54.4 Å². The van der Waals surface area contributed by atoms with Gasteiger partial charge in [-0.15, -0.1) is 0 Å². The number of carbonyl (C=O) groups is 5. The Morgan fingerprint density at radius 1 is 0.949 bits per heavy atom. The summed E-state index contributed by atoms with van der Waals surface area (Å²) in [7, 11) is 6.69. The van der Waals surface area contributed by atoms with Crippen LogP contribution in [0.15, 0.2) is 30.5 Å². The summed E-state index contributed by atoms with van der Waals surface area (Å²) >= 11 is 0. The third-order valence-corrected chi connectivity index (χ3v) is 11.9. The van der Waals surface area contributed by atoms with Crippen molar-refractivity contribution in [1.29, 1.82) is 0 Å². The van der Waals surface area contributed by atoms with Crippen molar-refractivity contribution in [1.82, 2.24) is 30.7 Å². The van der Waals surface area contributed by atoms with Gasteiger partial charge in [-0.05, 0) is 77.1 Å². The van der Waals surface area contributed by atoms with Crippen LogP contribution in [0.4, 0.5) is 0 Å². The fourth-order valence-corrected chi connectivity index (χ4v) is 8.77. The van der Waals surface area contributed by atoms with E-state index in [9.17, 15) is 24.0 Å². The van der Waals surface area contributed by atoms with Crippen LogP contribution in [-0.4, -0.2) is 127 Å². The highest BCUT2D eigenvalue weighted by Gasteiger charge is 2.44. The fourth-order valence-electron chi connectivity index (χ4n) is 8.77. The number of nitrogens with zero attached hydrogens (tertiary/aromatic N) is 2. The van der Waals surface area contributed by atoms with E-state index in [4.69, 9.17) is 14.2 Å². The predicted molar refractivity (Wildman–Crippen MR) is 230 cm³/mol. The van der Waals surface area contributed by atoms with Crippen LogP contribution < -0.4 is 16.0 Å². The molecule has 0 saturated carbocycles. The van der Waals surface area contributed by atoms with Crippen molar-refractivity contribution in [2.45, 2.75) is 149 Å². The molecule has 3 rings (SSSR count). The number of imide groups is 1. The van der Waals surface area contributed by atoms with Crippen LogP contribution in [0.3, 0.4) is 0 Å². The Hall–Kier alpha value is -3.85. The third-order valence-electron chi connectivity index (χ3n) is 11.9. The van der Waals surface area contributed by atoms with Gasteiger partial charge in [0.1, 0.15) is 11.6 Å². The number of amides is 4. The van der Waals surface area contributed by atoms with Gasteiger partial charge in [0.15, 0.2) is 0 Å². The maximum absolute atomic E-state index is 14.4. The topological polar surface area (TPSA) is 171 Å². The molecule has 1 saturated heterocycles. The summed E-state index contributed by atoms with van der Waals surface area (Å²) in [6.45, 7) is 19.5. The van der Waals surface area contributed by atoms with Crippen LogP contribution in [0, 0.1) is 23.7 Å². The molecule has 1 aromatic carbocycles. The number of H-pyrrole nitrogens is 1. The van der Waals surface area contributed by atoms with Crippen molar-refractivity contribution in [2.75, 3.05) is 34.9 Å². The van der Waals surface area contributed by atoms with Gasteiger partial charge >= 0.3 is 5.97 Å². The number of likely N-dealkylation sites (tertiary alicyclic amines) is 1. The summed E-state index contributed by atoms with van der Waals surface area (Å²) < 4.78 is 17.9. The molecule has 2 heterocycles. The highest BCUT2D eigenvalue weighted by atomic mass is 16.6. The Kier molecular flexibility index (Phi) is 18.6. The van der Waals surface area contributed by atoms with Crippen LogP contribution >= 0.6 is 0 Å². The van der Waals surface area contributed by atoms with Crippen molar-refractivity contribution in [3.05, 3.63) is 36.0 Å². The summed E-state index contributed by atoms with van der Waals surface area (Å²) in [6.07, 6.45) is 2.97. The molecule has 0 unspecified atom stereocenters. The van der Waals surface area contributed by atoms with Crippen molar-refractivity contribution in [3.8, 4) is 0 Å². The normalized spacial score (nSPS) is 18.9. The number of ether oxygens (including phenoxy) is 3. The number of nitrogens with one attached hydrogen (secondary N) is 4. The second-order valence-corrected chi connectivity index (χ2v) is 18.0. The zero-order valence-corrected chi connectivity index (χ0v) is 38.1. The monoisotopic (exact) mass is 827 g/mol. The van der Waals surface area contributed by atoms with Crippen molar-refractivity contribution >= 4 is 40.5 Å². The molecular weight excluding hydrogens is 753 g/mol. The van der Waals surface area contributed by atoms with Gasteiger partial charge in [0.2, 0.25) is 23.6 Å². The van der Waals surface area contributed by atoms with Gasteiger partial charge in [0.25, 0.3) is 0 Å². The quantitative estimate of drug-likeness (QED) is 0.128. The maximum Gasteiger partial charge on any atom is 0.329 e. The average Bonchev–Trinajstić information content (AvgIpc) is 3.81. The minimum absolute atomic E-state index is 0.0191.